The summed E-state index contributed by atoms with van der Waals surface area (Å²) in [6.45, 7) is 5.73. The summed E-state index contributed by atoms with van der Waals surface area (Å²) in [6.07, 6.45) is 0. The average molecular weight is 346 g/mol. The van der Waals surface area contributed by atoms with Gasteiger partial charge in [-0.2, -0.15) is 0 Å². The number of carbonyl (C=O) groups excluding carboxylic acids is 1. The van der Waals surface area contributed by atoms with Crippen molar-refractivity contribution in [2.75, 3.05) is 7.05 Å². The molecular weight excluding hydrogens is 324 g/mol. The number of rotatable bonds is 4. The van der Waals surface area contributed by atoms with Gasteiger partial charge in [0.1, 0.15) is 0 Å². The van der Waals surface area contributed by atoms with Gasteiger partial charge in [0.25, 0.3) is 5.91 Å². The number of carbonyl (C=O) groups is 1. The Morgan fingerprint density at radius 2 is 1.79 bits per heavy atom. The van der Waals surface area contributed by atoms with Crippen molar-refractivity contribution in [2.24, 2.45) is 5.14 Å². The van der Waals surface area contributed by atoms with Gasteiger partial charge in [0.05, 0.1) is 10.9 Å². The molecule has 0 saturated carbocycles. The van der Waals surface area contributed by atoms with Gasteiger partial charge in [-0.1, -0.05) is 29.8 Å². The fraction of sp³-hybridized carbons (Fsp3) is 0.278. The highest BCUT2D eigenvalue weighted by Gasteiger charge is 2.21. The summed E-state index contributed by atoms with van der Waals surface area (Å²) in [4.78, 5) is 14.4. The lowest BCUT2D eigenvalue weighted by Gasteiger charge is -2.26. The van der Waals surface area contributed by atoms with E-state index in [0.29, 0.717) is 11.1 Å². The quantitative estimate of drug-likeness (QED) is 0.924. The molecule has 1 atom stereocenters. The van der Waals surface area contributed by atoms with Crippen LogP contribution in [0.25, 0.3) is 0 Å². The second kappa shape index (κ2) is 6.75. The van der Waals surface area contributed by atoms with Crippen LogP contribution in [0.1, 0.15) is 40.0 Å². The van der Waals surface area contributed by atoms with Crippen molar-refractivity contribution in [1.29, 1.82) is 0 Å². The van der Waals surface area contributed by atoms with Crippen LogP contribution in [-0.2, 0) is 10.0 Å². The molecule has 0 fully saturated rings. The summed E-state index contributed by atoms with van der Waals surface area (Å²) < 4.78 is 23.0. The van der Waals surface area contributed by atoms with Crippen molar-refractivity contribution in [3.05, 3.63) is 64.7 Å². The van der Waals surface area contributed by atoms with E-state index < -0.39 is 10.0 Å². The molecule has 2 aromatic carbocycles. The van der Waals surface area contributed by atoms with Crippen molar-refractivity contribution in [1.82, 2.24) is 4.90 Å². The van der Waals surface area contributed by atoms with Crippen molar-refractivity contribution in [2.45, 2.75) is 31.7 Å². The third-order valence-electron chi connectivity index (χ3n) is 4.18. The maximum Gasteiger partial charge on any atom is 0.254 e. The smallest absolute Gasteiger partial charge is 0.254 e. The summed E-state index contributed by atoms with van der Waals surface area (Å²) >= 11 is 0. The molecule has 128 valence electrons. The number of hydrogen-bond acceptors (Lipinski definition) is 3. The molecule has 0 aliphatic carbocycles. The third-order valence-corrected chi connectivity index (χ3v) is 5.09. The lowest BCUT2D eigenvalue weighted by Crippen LogP contribution is -2.30. The third kappa shape index (κ3) is 3.83. The fourth-order valence-corrected chi connectivity index (χ4v) is 3.16. The predicted octanol–water partition coefficient (Wildman–Crippen LogP) is 2.78. The Labute approximate surface area is 143 Å². The Hall–Kier alpha value is -2.18. The molecule has 5 nitrogen and oxygen atoms in total. The molecule has 2 rings (SSSR count). The second-order valence-corrected chi connectivity index (χ2v) is 7.59. The zero-order chi connectivity index (χ0) is 18.1. The summed E-state index contributed by atoms with van der Waals surface area (Å²) in [5, 5.41) is 5.18. The first kappa shape index (κ1) is 18.2. The maximum absolute atomic E-state index is 12.8. The number of nitrogens with two attached hydrogens (primary N) is 1. The number of sulfonamides is 1. The fourth-order valence-electron chi connectivity index (χ4n) is 2.59. The molecule has 0 radical (unpaired) electrons. The van der Waals surface area contributed by atoms with E-state index in [9.17, 15) is 13.2 Å². The molecule has 0 aliphatic heterocycles. The molecule has 0 unspecified atom stereocenters. The predicted molar refractivity (Wildman–Crippen MR) is 94.2 cm³/mol. The molecule has 1 amide bonds. The number of primary sulfonamides is 1. The van der Waals surface area contributed by atoms with Gasteiger partial charge >= 0.3 is 0 Å². The van der Waals surface area contributed by atoms with E-state index in [0.717, 1.165) is 11.1 Å². The first-order valence-electron chi connectivity index (χ1n) is 7.58. The van der Waals surface area contributed by atoms with Crippen LogP contribution in [0.3, 0.4) is 0 Å². The van der Waals surface area contributed by atoms with Crippen LogP contribution >= 0.6 is 0 Å². The van der Waals surface area contributed by atoms with Crippen LogP contribution in [-0.4, -0.2) is 26.3 Å². The van der Waals surface area contributed by atoms with Crippen LogP contribution in [0.2, 0.25) is 0 Å². The van der Waals surface area contributed by atoms with Gasteiger partial charge in [0.2, 0.25) is 10.0 Å². The molecule has 2 N–H and O–H groups in total. The van der Waals surface area contributed by atoms with Gasteiger partial charge in [-0.25, -0.2) is 13.6 Å². The van der Waals surface area contributed by atoms with E-state index in [1.165, 1.54) is 12.1 Å². The Kier molecular flexibility index (Phi) is 5.11. The Bertz CT molecular complexity index is 876. The Morgan fingerprint density at radius 3 is 2.38 bits per heavy atom. The van der Waals surface area contributed by atoms with E-state index in [-0.39, 0.29) is 16.8 Å². The first-order valence-corrected chi connectivity index (χ1v) is 9.13. The normalized spacial score (nSPS) is 12.7. The largest absolute Gasteiger partial charge is 0.335 e. The molecule has 0 heterocycles. The molecule has 0 saturated heterocycles. The van der Waals surface area contributed by atoms with Crippen molar-refractivity contribution < 1.29 is 13.2 Å². The van der Waals surface area contributed by atoms with Gasteiger partial charge < -0.3 is 4.90 Å². The summed E-state index contributed by atoms with van der Waals surface area (Å²) in [5.41, 5.74) is 3.36. The lowest BCUT2D eigenvalue weighted by molar-refractivity contribution is 0.0742. The highest BCUT2D eigenvalue weighted by Crippen LogP contribution is 2.24. The second-order valence-electron chi connectivity index (χ2n) is 6.03. The van der Waals surface area contributed by atoms with Crippen molar-refractivity contribution in [3.8, 4) is 0 Å². The van der Waals surface area contributed by atoms with Crippen molar-refractivity contribution in [3.63, 3.8) is 0 Å². The van der Waals surface area contributed by atoms with Gasteiger partial charge in [-0.15, -0.1) is 0 Å². The SMILES string of the molecule is Cc1ccc(C(=O)N(C)[C@@H](C)c2cccc(S(N)(=O)=O)c2)c(C)c1. The average Bonchev–Trinajstić information content (AvgIpc) is 2.52. The summed E-state index contributed by atoms with van der Waals surface area (Å²) in [5.74, 6) is -0.110. The van der Waals surface area contributed by atoms with E-state index in [2.05, 4.69) is 0 Å². The van der Waals surface area contributed by atoms with Crippen LogP contribution in [0.4, 0.5) is 0 Å². The zero-order valence-electron chi connectivity index (χ0n) is 14.3. The van der Waals surface area contributed by atoms with Crippen LogP contribution in [0, 0.1) is 13.8 Å². The minimum Gasteiger partial charge on any atom is -0.335 e. The molecule has 0 bridgehead atoms. The van der Waals surface area contributed by atoms with Gasteiger partial charge in [0.15, 0.2) is 0 Å². The van der Waals surface area contributed by atoms with Gasteiger partial charge in [0, 0.05) is 12.6 Å². The number of benzene rings is 2. The minimum absolute atomic E-state index is 0.0409. The highest BCUT2D eigenvalue weighted by molar-refractivity contribution is 7.89. The van der Waals surface area contributed by atoms with Crippen LogP contribution < -0.4 is 5.14 Å². The number of hydrogen-bond donors (Lipinski definition) is 1. The zero-order valence-corrected chi connectivity index (χ0v) is 15.1. The minimum atomic E-state index is -3.77. The van der Waals surface area contributed by atoms with Crippen molar-refractivity contribution >= 4 is 15.9 Å². The Morgan fingerprint density at radius 1 is 1.12 bits per heavy atom. The molecule has 6 heteroatoms. The molecular formula is C18H22N2O3S. The number of aryl methyl sites for hydroxylation is 2. The lowest BCUT2D eigenvalue weighted by atomic mass is 10.0. The van der Waals surface area contributed by atoms with E-state index in [1.54, 1.807) is 24.1 Å². The van der Waals surface area contributed by atoms with Gasteiger partial charge in [-0.3, -0.25) is 4.79 Å². The molecule has 2 aromatic rings. The maximum atomic E-state index is 12.8. The molecule has 0 aliphatic rings. The van der Waals surface area contributed by atoms with Crippen LogP contribution in [0.5, 0.6) is 0 Å². The standard InChI is InChI=1S/C18H22N2O3S/c1-12-8-9-17(13(2)10-12)18(21)20(4)14(3)15-6-5-7-16(11-15)24(19,22)23/h5-11,14H,1-4H3,(H2,19,22,23)/t14-/m0/s1. The molecule has 24 heavy (non-hydrogen) atoms. The molecule has 0 aromatic heterocycles. The van der Waals surface area contributed by atoms with E-state index in [4.69, 9.17) is 5.14 Å². The monoisotopic (exact) mass is 346 g/mol. The first-order chi connectivity index (χ1) is 11.1. The van der Waals surface area contributed by atoms with Crippen LogP contribution in [0.15, 0.2) is 47.4 Å². The Balaban J connectivity index is 2.32. The summed E-state index contributed by atoms with van der Waals surface area (Å²) in [6, 6.07) is 11.8. The topological polar surface area (TPSA) is 80.5 Å². The number of amides is 1. The van der Waals surface area contributed by atoms with E-state index >= 15 is 0 Å². The van der Waals surface area contributed by atoms with E-state index in [1.807, 2.05) is 39.0 Å². The van der Waals surface area contributed by atoms with Gasteiger partial charge in [-0.05, 0) is 50.1 Å². The molecule has 0 spiro atoms. The summed E-state index contributed by atoms with van der Waals surface area (Å²) in [7, 11) is -2.07. The highest BCUT2D eigenvalue weighted by atomic mass is 32.2. The number of nitrogens with zero attached hydrogens (tertiary/aromatic N) is 1.